The Bertz CT molecular complexity index is 682. The van der Waals surface area contributed by atoms with E-state index < -0.39 is 0 Å². The van der Waals surface area contributed by atoms with Crippen molar-refractivity contribution in [1.29, 1.82) is 0 Å². The number of aromatic nitrogens is 2. The molecule has 2 heterocycles. The summed E-state index contributed by atoms with van der Waals surface area (Å²) in [6, 6.07) is 12.0. The summed E-state index contributed by atoms with van der Waals surface area (Å²) in [6.07, 6.45) is 1.90. The van der Waals surface area contributed by atoms with Crippen molar-refractivity contribution >= 4 is 11.9 Å². The topological polar surface area (TPSA) is 58.1 Å². The number of benzene rings is 1. The van der Waals surface area contributed by atoms with Gasteiger partial charge in [0.25, 0.3) is 0 Å². The lowest BCUT2D eigenvalue weighted by Crippen LogP contribution is -2.43. The molecular weight excluding hydrogens is 300 g/mol. The molecule has 0 unspecified atom stereocenters. The molecule has 0 saturated carbocycles. The van der Waals surface area contributed by atoms with E-state index in [9.17, 15) is 4.79 Å². The molecule has 1 aromatic heterocycles. The van der Waals surface area contributed by atoms with Crippen LogP contribution in [-0.4, -0.2) is 29.0 Å². The average molecular weight is 324 g/mol. The predicted molar refractivity (Wildman–Crippen MR) is 94.7 cm³/mol. The second kappa shape index (κ2) is 7.43. The van der Waals surface area contributed by atoms with Crippen LogP contribution in [0.5, 0.6) is 0 Å². The maximum Gasteiger partial charge on any atom is 0.225 e. The van der Waals surface area contributed by atoms with E-state index in [1.807, 2.05) is 50.2 Å². The Morgan fingerprint density at radius 3 is 2.62 bits per heavy atom. The SMILES string of the molecule is Cc1cc(C)nc(N2CCC[C@@H](C(=O)NCc3ccccc3)C2)n1. The Labute approximate surface area is 143 Å². The molecule has 5 heteroatoms. The molecule has 0 radical (unpaired) electrons. The van der Waals surface area contributed by atoms with Crippen LogP contribution in [0.1, 0.15) is 29.8 Å². The summed E-state index contributed by atoms with van der Waals surface area (Å²) in [5.41, 5.74) is 3.05. The van der Waals surface area contributed by atoms with E-state index >= 15 is 0 Å². The molecule has 1 saturated heterocycles. The highest BCUT2D eigenvalue weighted by Gasteiger charge is 2.27. The Hall–Kier alpha value is -2.43. The predicted octanol–water partition coefficient (Wildman–Crippen LogP) is 2.63. The van der Waals surface area contributed by atoms with Gasteiger partial charge in [0.15, 0.2) is 0 Å². The number of carbonyl (C=O) groups is 1. The Morgan fingerprint density at radius 2 is 1.92 bits per heavy atom. The first-order valence-electron chi connectivity index (χ1n) is 8.50. The Balaban J connectivity index is 1.61. The van der Waals surface area contributed by atoms with Gasteiger partial charge in [-0.1, -0.05) is 30.3 Å². The molecule has 126 valence electrons. The number of anilines is 1. The highest BCUT2D eigenvalue weighted by Crippen LogP contribution is 2.21. The van der Waals surface area contributed by atoms with Gasteiger partial charge < -0.3 is 10.2 Å². The molecule has 1 aliphatic rings. The third-order valence-electron chi connectivity index (χ3n) is 4.36. The molecule has 1 fully saturated rings. The fraction of sp³-hybridized carbons (Fsp3) is 0.421. The first kappa shape index (κ1) is 16.4. The lowest BCUT2D eigenvalue weighted by molar-refractivity contribution is -0.125. The number of nitrogens with zero attached hydrogens (tertiary/aromatic N) is 3. The molecule has 2 aromatic rings. The molecule has 3 rings (SSSR count). The van der Waals surface area contributed by atoms with Gasteiger partial charge in [-0.3, -0.25) is 4.79 Å². The van der Waals surface area contributed by atoms with Gasteiger partial charge in [0.2, 0.25) is 11.9 Å². The molecule has 1 N–H and O–H groups in total. The van der Waals surface area contributed by atoms with Crippen LogP contribution in [0.25, 0.3) is 0 Å². The van der Waals surface area contributed by atoms with Gasteiger partial charge in [0.05, 0.1) is 5.92 Å². The normalized spacial score (nSPS) is 17.6. The van der Waals surface area contributed by atoms with Crippen molar-refractivity contribution in [2.24, 2.45) is 5.92 Å². The van der Waals surface area contributed by atoms with E-state index in [-0.39, 0.29) is 11.8 Å². The summed E-state index contributed by atoms with van der Waals surface area (Å²) in [4.78, 5) is 23.7. The molecule has 0 spiro atoms. The van der Waals surface area contributed by atoms with Gasteiger partial charge in [-0.05, 0) is 38.3 Å². The van der Waals surface area contributed by atoms with Crippen molar-refractivity contribution in [3.63, 3.8) is 0 Å². The van der Waals surface area contributed by atoms with Gasteiger partial charge in [-0.25, -0.2) is 9.97 Å². The number of piperidine rings is 1. The van der Waals surface area contributed by atoms with Crippen molar-refractivity contribution in [1.82, 2.24) is 15.3 Å². The van der Waals surface area contributed by atoms with E-state index in [0.29, 0.717) is 13.1 Å². The van der Waals surface area contributed by atoms with E-state index in [0.717, 1.165) is 42.3 Å². The second-order valence-electron chi connectivity index (χ2n) is 6.44. The first-order valence-corrected chi connectivity index (χ1v) is 8.50. The number of hydrogen-bond donors (Lipinski definition) is 1. The van der Waals surface area contributed by atoms with E-state index in [4.69, 9.17) is 0 Å². The number of carbonyl (C=O) groups excluding carboxylic acids is 1. The zero-order valence-electron chi connectivity index (χ0n) is 14.3. The van der Waals surface area contributed by atoms with E-state index in [2.05, 4.69) is 20.2 Å². The van der Waals surface area contributed by atoms with Crippen LogP contribution in [0.4, 0.5) is 5.95 Å². The van der Waals surface area contributed by atoms with E-state index in [1.54, 1.807) is 0 Å². The van der Waals surface area contributed by atoms with Gasteiger partial charge in [-0.2, -0.15) is 0 Å². The van der Waals surface area contributed by atoms with Crippen molar-refractivity contribution in [3.8, 4) is 0 Å². The van der Waals surface area contributed by atoms with Crippen LogP contribution in [0.2, 0.25) is 0 Å². The van der Waals surface area contributed by atoms with Crippen molar-refractivity contribution < 1.29 is 4.79 Å². The monoisotopic (exact) mass is 324 g/mol. The minimum Gasteiger partial charge on any atom is -0.352 e. The number of amides is 1. The highest BCUT2D eigenvalue weighted by atomic mass is 16.1. The molecule has 1 amide bonds. The molecule has 1 aliphatic heterocycles. The van der Waals surface area contributed by atoms with Crippen LogP contribution < -0.4 is 10.2 Å². The van der Waals surface area contributed by atoms with Crippen LogP contribution in [0.15, 0.2) is 36.4 Å². The summed E-state index contributed by atoms with van der Waals surface area (Å²) in [7, 11) is 0. The van der Waals surface area contributed by atoms with Gasteiger partial charge in [0, 0.05) is 31.0 Å². The third kappa shape index (κ3) is 4.10. The molecule has 0 bridgehead atoms. The van der Waals surface area contributed by atoms with E-state index in [1.165, 1.54) is 0 Å². The lowest BCUT2D eigenvalue weighted by atomic mass is 9.97. The van der Waals surface area contributed by atoms with Gasteiger partial charge in [-0.15, -0.1) is 0 Å². The van der Waals surface area contributed by atoms with Gasteiger partial charge in [0.1, 0.15) is 0 Å². The quantitative estimate of drug-likeness (QED) is 0.939. The largest absolute Gasteiger partial charge is 0.352 e. The smallest absolute Gasteiger partial charge is 0.225 e. The van der Waals surface area contributed by atoms with Crippen LogP contribution in [-0.2, 0) is 11.3 Å². The summed E-state index contributed by atoms with van der Waals surface area (Å²) in [6.45, 7) is 6.13. The molecule has 24 heavy (non-hydrogen) atoms. The second-order valence-corrected chi connectivity index (χ2v) is 6.44. The summed E-state index contributed by atoms with van der Waals surface area (Å²) in [5, 5.41) is 3.06. The standard InChI is InChI=1S/C19H24N4O/c1-14-11-15(2)22-19(21-14)23-10-6-9-17(13-23)18(24)20-12-16-7-4-3-5-8-16/h3-5,7-8,11,17H,6,9-10,12-13H2,1-2H3,(H,20,24)/t17-/m1/s1. The Morgan fingerprint density at radius 1 is 1.21 bits per heavy atom. The number of rotatable bonds is 4. The maximum absolute atomic E-state index is 12.5. The zero-order chi connectivity index (χ0) is 16.9. The molecule has 0 aliphatic carbocycles. The van der Waals surface area contributed by atoms with Crippen LogP contribution in [0, 0.1) is 19.8 Å². The van der Waals surface area contributed by atoms with Crippen molar-refractivity contribution in [3.05, 3.63) is 53.3 Å². The average Bonchev–Trinajstić information content (AvgIpc) is 2.60. The third-order valence-corrected chi connectivity index (χ3v) is 4.36. The number of hydrogen-bond acceptors (Lipinski definition) is 4. The Kier molecular flexibility index (Phi) is 5.08. The summed E-state index contributed by atoms with van der Waals surface area (Å²) >= 11 is 0. The lowest BCUT2D eigenvalue weighted by Gasteiger charge is -2.32. The van der Waals surface area contributed by atoms with Crippen LogP contribution >= 0.6 is 0 Å². The first-order chi connectivity index (χ1) is 11.6. The zero-order valence-corrected chi connectivity index (χ0v) is 14.3. The maximum atomic E-state index is 12.5. The summed E-state index contributed by atoms with van der Waals surface area (Å²) in [5.74, 6) is 0.855. The molecular formula is C19H24N4O. The minimum atomic E-state index is -0.00752. The van der Waals surface area contributed by atoms with Gasteiger partial charge >= 0.3 is 0 Å². The number of nitrogens with one attached hydrogen (secondary N) is 1. The van der Waals surface area contributed by atoms with Crippen molar-refractivity contribution in [2.45, 2.75) is 33.2 Å². The van der Waals surface area contributed by atoms with Crippen LogP contribution in [0.3, 0.4) is 0 Å². The minimum absolute atomic E-state index is 0.00752. The molecule has 1 atom stereocenters. The fourth-order valence-corrected chi connectivity index (χ4v) is 3.15. The van der Waals surface area contributed by atoms with Crippen molar-refractivity contribution in [2.75, 3.05) is 18.0 Å². The summed E-state index contributed by atoms with van der Waals surface area (Å²) < 4.78 is 0. The molecule has 1 aromatic carbocycles. The highest BCUT2D eigenvalue weighted by molar-refractivity contribution is 5.79. The molecule has 5 nitrogen and oxygen atoms in total. The number of aryl methyl sites for hydroxylation is 2. The fourth-order valence-electron chi connectivity index (χ4n) is 3.15.